The molecular formula is C20H19N3. The van der Waals surface area contributed by atoms with Gasteiger partial charge in [0.15, 0.2) is 17.5 Å². The first-order valence-electron chi connectivity index (χ1n) is 7.43. The van der Waals surface area contributed by atoms with E-state index in [0.717, 1.165) is 16.7 Å². The van der Waals surface area contributed by atoms with Gasteiger partial charge >= 0.3 is 0 Å². The van der Waals surface area contributed by atoms with E-state index in [1.807, 2.05) is 69.3 Å². The van der Waals surface area contributed by atoms with Crippen LogP contribution in [0.1, 0.15) is 32.4 Å². The first kappa shape index (κ1) is 16.4. The number of hydrogen-bond acceptors (Lipinski definition) is 3. The molecule has 0 bridgehead atoms. The molecule has 0 unspecified atom stereocenters. The summed E-state index contributed by atoms with van der Waals surface area (Å²) in [5, 5.41) is 0. The quantitative estimate of drug-likeness (QED) is 0.614. The van der Waals surface area contributed by atoms with E-state index in [-0.39, 0.29) is 0 Å². The van der Waals surface area contributed by atoms with Crippen molar-refractivity contribution in [3.63, 3.8) is 0 Å². The number of benzene rings is 1. The van der Waals surface area contributed by atoms with Crippen LogP contribution in [0.2, 0.25) is 0 Å². The zero-order chi connectivity index (χ0) is 16.7. The number of aromatic nitrogens is 3. The van der Waals surface area contributed by atoms with Crippen molar-refractivity contribution in [3.8, 4) is 23.7 Å². The summed E-state index contributed by atoms with van der Waals surface area (Å²) in [4.78, 5) is 13.7. The lowest BCUT2D eigenvalue weighted by atomic mass is 10.1. The average molecular weight is 301 g/mol. The van der Waals surface area contributed by atoms with Gasteiger partial charge in [0.05, 0.1) is 0 Å². The third-order valence-electron chi connectivity index (χ3n) is 3.30. The van der Waals surface area contributed by atoms with E-state index in [1.54, 1.807) is 6.08 Å². The fourth-order valence-electron chi connectivity index (χ4n) is 1.98. The van der Waals surface area contributed by atoms with Gasteiger partial charge in [-0.3, -0.25) is 0 Å². The second-order valence-electron chi connectivity index (χ2n) is 4.91. The largest absolute Gasteiger partial charge is 0.209 e. The highest BCUT2D eigenvalue weighted by Gasteiger charge is 2.11. The molecule has 0 radical (unpaired) electrons. The maximum atomic E-state index is 5.43. The molecule has 1 aromatic heterocycles. The molecule has 0 atom stereocenters. The van der Waals surface area contributed by atoms with Crippen molar-refractivity contribution < 1.29 is 0 Å². The molecule has 2 aromatic rings. The van der Waals surface area contributed by atoms with Crippen LogP contribution < -0.4 is 0 Å². The third-order valence-corrected chi connectivity index (χ3v) is 3.30. The van der Waals surface area contributed by atoms with Gasteiger partial charge in [0.1, 0.15) is 0 Å². The Labute approximate surface area is 137 Å². The molecule has 3 nitrogen and oxygen atoms in total. The minimum atomic E-state index is 0.575. The number of rotatable bonds is 4. The molecule has 0 N–H and O–H groups in total. The van der Waals surface area contributed by atoms with Gasteiger partial charge in [0.2, 0.25) is 0 Å². The van der Waals surface area contributed by atoms with Crippen molar-refractivity contribution >= 4 is 11.1 Å². The van der Waals surface area contributed by atoms with Crippen molar-refractivity contribution in [2.45, 2.75) is 20.8 Å². The second-order valence-corrected chi connectivity index (χ2v) is 4.91. The molecule has 0 fully saturated rings. The van der Waals surface area contributed by atoms with E-state index in [2.05, 4.69) is 20.9 Å². The second kappa shape index (κ2) is 7.86. The summed E-state index contributed by atoms with van der Waals surface area (Å²) in [5.74, 6) is 4.41. The summed E-state index contributed by atoms with van der Waals surface area (Å²) in [7, 11) is 0. The molecule has 2 rings (SSSR count). The Balaban J connectivity index is 2.68. The van der Waals surface area contributed by atoms with E-state index in [4.69, 9.17) is 6.42 Å². The monoisotopic (exact) mass is 301 g/mol. The van der Waals surface area contributed by atoms with Crippen molar-refractivity contribution in [1.29, 1.82) is 0 Å². The molecule has 0 aliphatic carbocycles. The van der Waals surface area contributed by atoms with Crippen molar-refractivity contribution in [2.24, 2.45) is 0 Å². The molecule has 0 saturated heterocycles. The van der Waals surface area contributed by atoms with Gasteiger partial charge in [-0.15, -0.1) is 6.42 Å². The Morgan fingerprint density at radius 3 is 2.35 bits per heavy atom. The molecule has 0 spiro atoms. The van der Waals surface area contributed by atoms with Crippen LogP contribution in [0.25, 0.3) is 22.5 Å². The van der Waals surface area contributed by atoms with E-state index in [9.17, 15) is 0 Å². The molecule has 0 amide bonds. The molecule has 23 heavy (non-hydrogen) atoms. The minimum absolute atomic E-state index is 0.575. The fourth-order valence-corrected chi connectivity index (χ4v) is 1.98. The van der Waals surface area contributed by atoms with Crippen LogP contribution in [0.3, 0.4) is 0 Å². The van der Waals surface area contributed by atoms with E-state index < -0.39 is 0 Å². The summed E-state index contributed by atoms with van der Waals surface area (Å²) in [6, 6.07) is 9.85. The van der Waals surface area contributed by atoms with E-state index >= 15 is 0 Å². The van der Waals surface area contributed by atoms with Crippen LogP contribution in [0.4, 0.5) is 0 Å². The summed E-state index contributed by atoms with van der Waals surface area (Å²) in [5.41, 5.74) is 2.73. The topological polar surface area (TPSA) is 38.7 Å². The number of hydrogen-bond donors (Lipinski definition) is 0. The highest BCUT2D eigenvalue weighted by atomic mass is 15.0. The summed E-state index contributed by atoms with van der Waals surface area (Å²) >= 11 is 0. The van der Waals surface area contributed by atoms with Gasteiger partial charge in [-0.25, -0.2) is 15.0 Å². The van der Waals surface area contributed by atoms with Crippen molar-refractivity contribution in [3.05, 3.63) is 66.3 Å². The Bertz CT molecular complexity index is 807. The molecule has 114 valence electrons. The van der Waals surface area contributed by atoms with Gasteiger partial charge in [0.25, 0.3) is 0 Å². The zero-order valence-corrected chi connectivity index (χ0v) is 13.6. The molecule has 0 aliphatic heterocycles. The average Bonchev–Trinajstić information content (AvgIpc) is 2.61. The normalized spacial score (nSPS) is 12.4. The number of terminal acetylenes is 1. The zero-order valence-electron chi connectivity index (χ0n) is 13.6. The first-order valence-corrected chi connectivity index (χ1v) is 7.43. The smallest absolute Gasteiger partial charge is 0.164 e. The molecule has 0 aliphatic rings. The van der Waals surface area contributed by atoms with Crippen LogP contribution in [0.5, 0.6) is 0 Å². The molecule has 1 heterocycles. The highest BCUT2D eigenvalue weighted by molar-refractivity contribution is 5.74. The van der Waals surface area contributed by atoms with Gasteiger partial charge in [-0.1, -0.05) is 54.5 Å². The van der Waals surface area contributed by atoms with Gasteiger partial charge < -0.3 is 0 Å². The van der Waals surface area contributed by atoms with Crippen LogP contribution in [0.15, 0.2) is 54.6 Å². The van der Waals surface area contributed by atoms with Crippen LogP contribution in [-0.2, 0) is 0 Å². The van der Waals surface area contributed by atoms with Crippen LogP contribution >= 0.6 is 0 Å². The lowest BCUT2D eigenvalue weighted by molar-refractivity contribution is 0.998. The van der Waals surface area contributed by atoms with Crippen molar-refractivity contribution in [1.82, 2.24) is 15.0 Å². The maximum absolute atomic E-state index is 5.43. The molecular weight excluding hydrogens is 282 g/mol. The number of allylic oxidation sites excluding steroid dienone is 6. The lowest BCUT2D eigenvalue weighted by Gasteiger charge is -2.08. The molecule has 0 saturated carbocycles. The predicted octanol–water partition coefficient (Wildman–Crippen LogP) is 4.55. The number of nitrogens with zero attached hydrogens (tertiary/aromatic N) is 3. The summed E-state index contributed by atoms with van der Waals surface area (Å²) in [6.45, 7) is 5.88. The first-order chi connectivity index (χ1) is 11.2. The Kier molecular flexibility index (Phi) is 5.60. The summed E-state index contributed by atoms with van der Waals surface area (Å²) < 4.78 is 0. The Hall–Kier alpha value is -2.99. The maximum Gasteiger partial charge on any atom is 0.164 e. The van der Waals surface area contributed by atoms with Gasteiger partial charge in [-0.2, -0.15) is 0 Å². The fraction of sp³-hybridized carbons (Fsp3) is 0.150. The van der Waals surface area contributed by atoms with Crippen LogP contribution in [-0.4, -0.2) is 15.0 Å². The van der Waals surface area contributed by atoms with Crippen LogP contribution in [0, 0.1) is 12.3 Å². The van der Waals surface area contributed by atoms with E-state index in [0.29, 0.717) is 17.5 Å². The Morgan fingerprint density at radius 2 is 1.74 bits per heavy atom. The molecule has 1 aromatic carbocycles. The minimum Gasteiger partial charge on any atom is -0.209 e. The standard InChI is InChI=1S/C20H19N3/c1-5-11-16(12-6-2)19-21-18(15(4)7-3)22-20(23-19)17-13-9-8-10-14-17/h1,6-14H,2-4H3/b12-6-,15-7+,16-11+. The van der Waals surface area contributed by atoms with E-state index in [1.165, 1.54) is 0 Å². The summed E-state index contributed by atoms with van der Waals surface area (Å²) in [6.07, 6.45) is 12.9. The van der Waals surface area contributed by atoms with Gasteiger partial charge in [0, 0.05) is 11.1 Å². The SMILES string of the molecule is C#C/C=C(\C=C/C)c1nc(/C(C)=C/C)nc(-c2ccccc2)n1. The lowest BCUT2D eigenvalue weighted by Crippen LogP contribution is -2.03. The van der Waals surface area contributed by atoms with Gasteiger partial charge in [-0.05, 0) is 32.4 Å². The highest BCUT2D eigenvalue weighted by Crippen LogP contribution is 2.20. The molecule has 3 heteroatoms. The third kappa shape index (κ3) is 4.02. The van der Waals surface area contributed by atoms with Crippen molar-refractivity contribution in [2.75, 3.05) is 0 Å². The Morgan fingerprint density at radius 1 is 1.04 bits per heavy atom. The predicted molar refractivity (Wildman–Crippen MR) is 96.2 cm³/mol.